The molecule has 0 atom stereocenters. The average molecular weight is 207 g/mol. The van der Waals surface area contributed by atoms with Gasteiger partial charge in [-0.15, -0.1) is 0 Å². The van der Waals surface area contributed by atoms with Gasteiger partial charge >= 0.3 is 0 Å². The minimum absolute atomic E-state index is 0.200. The molecule has 82 valence electrons. The van der Waals surface area contributed by atoms with E-state index in [9.17, 15) is 0 Å². The second-order valence-corrected chi connectivity index (χ2v) is 4.21. The van der Waals surface area contributed by atoms with E-state index in [0.717, 1.165) is 12.8 Å². The van der Waals surface area contributed by atoms with Gasteiger partial charge in [0.05, 0.1) is 6.21 Å². The van der Waals surface area contributed by atoms with Gasteiger partial charge in [0.1, 0.15) is 5.54 Å². The summed E-state index contributed by atoms with van der Waals surface area (Å²) in [5, 5.41) is 16.3. The average Bonchev–Trinajstić information content (AvgIpc) is 2.68. The van der Waals surface area contributed by atoms with Crippen LogP contribution in [0, 0.1) is 0 Å². The van der Waals surface area contributed by atoms with Crippen molar-refractivity contribution >= 4 is 6.21 Å². The molecule has 0 unspecified atom stereocenters. The molecule has 0 aromatic carbocycles. The van der Waals surface area contributed by atoms with E-state index in [4.69, 9.17) is 5.21 Å². The number of aromatic nitrogens is 2. The maximum Gasteiger partial charge on any atom is 0.101 e. The summed E-state index contributed by atoms with van der Waals surface area (Å²) >= 11 is 0. The topological polar surface area (TPSA) is 50.4 Å². The Morgan fingerprint density at radius 3 is 2.53 bits per heavy atom. The number of hydrogen-bond acceptors (Lipinski definition) is 3. The van der Waals surface area contributed by atoms with Gasteiger partial charge in [-0.1, -0.05) is 30.8 Å². The SMILES string of the molecule is ON=CC1(n2cccn2)CCCCCC1. The molecule has 0 aliphatic heterocycles. The van der Waals surface area contributed by atoms with Crippen LogP contribution in [-0.4, -0.2) is 21.2 Å². The molecule has 15 heavy (non-hydrogen) atoms. The lowest BCUT2D eigenvalue weighted by molar-refractivity contribution is 0.287. The Morgan fingerprint density at radius 2 is 2.00 bits per heavy atom. The third kappa shape index (κ3) is 2.03. The van der Waals surface area contributed by atoms with Crippen molar-refractivity contribution in [3.05, 3.63) is 18.5 Å². The van der Waals surface area contributed by atoms with Crippen LogP contribution in [0.15, 0.2) is 23.6 Å². The molecule has 0 radical (unpaired) electrons. The van der Waals surface area contributed by atoms with Gasteiger partial charge < -0.3 is 5.21 Å². The fraction of sp³-hybridized carbons (Fsp3) is 0.636. The highest BCUT2D eigenvalue weighted by atomic mass is 16.4. The zero-order valence-corrected chi connectivity index (χ0v) is 8.84. The summed E-state index contributed by atoms with van der Waals surface area (Å²) in [6, 6.07) is 1.91. The molecule has 1 aromatic rings. The Morgan fingerprint density at radius 1 is 1.27 bits per heavy atom. The van der Waals surface area contributed by atoms with Crippen LogP contribution < -0.4 is 0 Å². The van der Waals surface area contributed by atoms with Gasteiger partial charge in [-0.3, -0.25) is 4.68 Å². The second kappa shape index (κ2) is 4.47. The van der Waals surface area contributed by atoms with E-state index in [1.165, 1.54) is 25.7 Å². The van der Waals surface area contributed by atoms with Gasteiger partial charge in [-0.2, -0.15) is 5.10 Å². The lowest BCUT2D eigenvalue weighted by Gasteiger charge is -2.28. The first-order chi connectivity index (χ1) is 7.37. The zero-order chi connectivity index (χ0) is 10.6. The maximum atomic E-state index is 8.80. The van der Waals surface area contributed by atoms with Gasteiger partial charge in [0.2, 0.25) is 0 Å². The van der Waals surface area contributed by atoms with Gasteiger partial charge in [-0.25, -0.2) is 0 Å². The minimum atomic E-state index is -0.200. The van der Waals surface area contributed by atoms with Gasteiger partial charge in [0, 0.05) is 12.4 Å². The molecule has 0 saturated heterocycles. The van der Waals surface area contributed by atoms with Crippen molar-refractivity contribution < 1.29 is 5.21 Å². The third-order valence-electron chi connectivity index (χ3n) is 3.23. The number of hydrogen-bond donors (Lipinski definition) is 1. The molecule has 1 saturated carbocycles. The summed E-state index contributed by atoms with van der Waals surface area (Å²) in [6.45, 7) is 0. The summed E-state index contributed by atoms with van der Waals surface area (Å²) in [4.78, 5) is 0. The normalized spacial score (nSPS) is 21.6. The van der Waals surface area contributed by atoms with Crippen molar-refractivity contribution in [1.29, 1.82) is 0 Å². The molecule has 0 amide bonds. The van der Waals surface area contributed by atoms with Crippen molar-refractivity contribution in [2.75, 3.05) is 0 Å². The summed E-state index contributed by atoms with van der Waals surface area (Å²) in [5.74, 6) is 0. The first-order valence-corrected chi connectivity index (χ1v) is 5.56. The first kappa shape index (κ1) is 10.2. The fourth-order valence-electron chi connectivity index (χ4n) is 2.40. The van der Waals surface area contributed by atoms with Crippen LogP contribution in [0.25, 0.3) is 0 Å². The van der Waals surface area contributed by atoms with E-state index < -0.39 is 0 Å². The smallest absolute Gasteiger partial charge is 0.101 e. The molecule has 1 aliphatic rings. The Labute approximate surface area is 89.6 Å². The van der Waals surface area contributed by atoms with E-state index in [2.05, 4.69) is 10.3 Å². The van der Waals surface area contributed by atoms with Crippen molar-refractivity contribution in [1.82, 2.24) is 9.78 Å². The van der Waals surface area contributed by atoms with E-state index in [1.807, 2.05) is 16.9 Å². The molecule has 4 nitrogen and oxygen atoms in total. The van der Waals surface area contributed by atoms with Crippen molar-refractivity contribution in [3.63, 3.8) is 0 Å². The monoisotopic (exact) mass is 207 g/mol. The van der Waals surface area contributed by atoms with E-state index in [1.54, 1.807) is 12.4 Å². The van der Waals surface area contributed by atoms with Crippen LogP contribution in [0.5, 0.6) is 0 Å². The van der Waals surface area contributed by atoms with Crippen molar-refractivity contribution in [3.8, 4) is 0 Å². The molecular formula is C11H17N3O. The Balaban J connectivity index is 2.29. The summed E-state index contributed by atoms with van der Waals surface area (Å²) in [5.41, 5.74) is -0.200. The van der Waals surface area contributed by atoms with Crippen LogP contribution >= 0.6 is 0 Å². The number of rotatable bonds is 2. The predicted molar refractivity (Wildman–Crippen MR) is 58.2 cm³/mol. The maximum absolute atomic E-state index is 8.80. The molecule has 2 rings (SSSR count). The molecular weight excluding hydrogens is 190 g/mol. The van der Waals surface area contributed by atoms with Gasteiger partial charge in [0.25, 0.3) is 0 Å². The molecule has 1 fully saturated rings. The minimum Gasteiger partial charge on any atom is -0.411 e. The first-order valence-electron chi connectivity index (χ1n) is 5.56. The van der Waals surface area contributed by atoms with Crippen LogP contribution in [0.3, 0.4) is 0 Å². The highest BCUT2D eigenvalue weighted by Gasteiger charge is 2.31. The lowest BCUT2D eigenvalue weighted by Crippen LogP contribution is -2.35. The molecule has 1 aromatic heterocycles. The lowest BCUT2D eigenvalue weighted by atomic mass is 9.92. The number of nitrogens with zero attached hydrogens (tertiary/aromatic N) is 3. The summed E-state index contributed by atoms with van der Waals surface area (Å²) < 4.78 is 1.93. The van der Waals surface area contributed by atoms with Gasteiger partial charge in [-0.05, 0) is 18.9 Å². The molecule has 1 heterocycles. The standard InChI is InChI=1S/C11H17N3O/c15-13-10-11(14-9-5-8-12-14)6-3-1-2-4-7-11/h5,8-10,15H,1-4,6-7H2. The van der Waals surface area contributed by atoms with Crippen molar-refractivity contribution in [2.45, 2.75) is 44.1 Å². The Kier molecular flexibility index (Phi) is 3.04. The van der Waals surface area contributed by atoms with Crippen LogP contribution in [0.4, 0.5) is 0 Å². The van der Waals surface area contributed by atoms with Crippen molar-refractivity contribution in [2.24, 2.45) is 5.16 Å². The third-order valence-corrected chi connectivity index (χ3v) is 3.23. The Hall–Kier alpha value is -1.32. The quantitative estimate of drug-likeness (QED) is 0.350. The molecule has 1 aliphatic carbocycles. The molecule has 0 bridgehead atoms. The summed E-state index contributed by atoms with van der Waals surface area (Å²) in [6.07, 6.45) is 12.3. The highest BCUT2D eigenvalue weighted by Crippen LogP contribution is 2.31. The Bertz CT molecular complexity index is 311. The number of oxime groups is 1. The molecule has 0 spiro atoms. The van der Waals surface area contributed by atoms with E-state index in [0.29, 0.717) is 0 Å². The van der Waals surface area contributed by atoms with Gasteiger partial charge in [0.15, 0.2) is 0 Å². The highest BCUT2D eigenvalue weighted by molar-refractivity contribution is 5.67. The van der Waals surface area contributed by atoms with Crippen LogP contribution in [0.2, 0.25) is 0 Å². The van der Waals surface area contributed by atoms with Crippen LogP contribution in [-0.2, 0) is 5.54 Å². The molecule has 1 N–H and O–H groups in total. The van der Waals surface area contributed by atoms with E-state index in [-0.39, 0.29) is 5.54 Å². The predicted octanol–water partition coefficient (Wildman–Crippen LogP) is 2.39. The second-order valence-electron chi connectivity index (χ2n) is 4.21. The summed E-state index contributed by atoms with van der Waals surface area (Å²) in [7, 11) is 0. The largest absolute Gasteiger partial charge is 0.411 e. The fourth-order valence-corrected chi connectivity index (χ4v) is 2.40. The van der Waals surface area contributed by atoms with E-state index >= 15 is 0 Å². The van der Waals surface area contributed by atoms with Crippen LogP contribution in [0.1, 0.15) is 38.5 Å². The zero-order valence-electron chi connectivity index (χ0n) is 8.84. The molecule has 4 heteroatoms.